The summed E-state index contributed by atoms with van der Waals surface area (Å²) in [6.07, 6.45) is 3.61. The Morgan fingerprint density at radius 2 is 2.15 bits per heavy atom. The van der Waals surface area contributed by atoms with Crippen LogP contribution in [0, 0.1) is 11.2 Å². The molecule has 1 aliphatic rings. The molecule has 1 amide bonds. The highest BCUT2D eigenvalue weighted by molar-refractivity contribution is 5.83. The Labute approximate surface area is 120 Å². The summed E-state index contributed by atoms with van der Waals surface area (Å²) < 4.78 is 12.8. The van der Waals surface area contributed by atoms with E-state index < -0.39 is 0 Å². The summed E-state index contributed by atoms with van der Waals surface area (Å²) in [7, 11) is 0. The third kappa shape index (κ3) is 3.57. The summed E-state index contributed by atoms with van der Waals surface area (Å²) in [5.41, 5.74) is 0.792. The highest BCUT2D eigenvalue weighted by Crippen LogP contribution is 2.30. The Balaban J connectivity index is 1.83. The highest BCUT2D eigenvalue weighted by atomic mass is 19.1. The van der Waals surface area contributed by atoms with Crippen molar-refractivity contribution in [3.05, 3.63) is 35.6 Å². The molecular weight excluding hydrogens is 255 g/mol. The van der Waals surface area contributed by atoms with Gasteiger partial charge in [-0.2, -0.15) is 0 Å². The van der Waals surface area contributed by atoms with Crippen molar-refractivity contribution in [3.63, 3.8) is 0 Å². The molecule has 110 valence electrons. The van der Waals surface area contributed by atoms with E-state index in [1.807, 2.05) is 0 Å². The van der Waals surface area contributed by atoms with Crippen molar-refractivity contribution in [2.45, 2.75) is 32.6 Å². The second-order valence-corrected chi connectivity index (χ2v) is 5.55. The Hall–Kier alpha value is -1.42. The zero-order valence-corrected chi connectivity index (χ0v) is 12.0. The van der Waals surface area contributed by atoms with Crippen molar-refractivity contribution in [3.8, 4) is 0 Å². The van der Waals surface area contributed by atoms with E-state index in [9.17, 15) is 9.18 Å². The van der Waals surface area contributed by atoms with Gasteiger partial charge in [0.15, 0.2) is 0 Å². The van der Waals surface area contributed by atoms with E-state index in [2.05, 4.69) is 17.6 Å². The number of benzene rings is 1. The third-order valence-electron chi connectivity index (χ3n) is 4.24. The fourth-order valence-corrected chi connectivity index (χ4v) is 2.78. The van der Waals surface area contributed by atoms with Crippen LogP contribution in [0.4, 0.5) is 4.39 Å². The molecule has 3 nitrogen and oxygen atoms in total. The van der Waals surface area contributed by atoms with Gasteiger partial charge in [-0.15, -0.1) is 0 Å². The minimum atomic E-state index is -0.249. The molecule has 1 aromatic rings. The van der Waals surface area contributed by atoms with Crippen molar-refractivity contribution < 1.29 is 9.18 Å². The lowest BCUT2D eigenvalue weighted by molar-refractivity contribution is -0.132. The molecule has 4 heteroatoms. The molecule has 0 bridgehead atoms. The zero-order chi connectivity index (χ0) is 14.4. The maximum atomic E-state index is 12.8. The van der Waals surface area contributed by atoms with Crippen molar-refractivity contribution in [1.82, 2.24) is 10.6 Å². The summed E-state index contributed by atoms with van der Waals surface area (Å²) in [6, 6.07) is 6.43. The Morgan fingerprint density at radius 1 is 1.40 bits per heavy atom. The number of carbonyl (C=O) groups excluding carboxylic acids is 1. The molecule has 2 rings (SSSR count). The quantitative estimate of drug-likeness (QED) is 0.867. The topological polar surface area (TPSA) is 41.1 Å². The maximum absolute atomic E-state index is 12.8. The summed E-state index contributed by atoms with van der Waals surface area (Å²) >= 11 is 0. The van der Waals surface area contributed by atoms with Gasteiger partial charge in [-0.05, 0) is 49.9 Å². The number of carbonyl (C=O) groups is 1. The van der Waals surface area contributed by atoms with Crippen LogP contribution >= 0.6 is 0 Å². The number of halogens is 1. The van der Waals surface area contributed by atoms with Crippen LogP contribution < -0.4 is 10.6 Å². The predicted octanol–water partition coefficient (Wildman–Crippen LogP) is 2.26. The highest BCUT2D eigenvalue weighted by Gasteiger charge is 2.37. The Kier molecular flexibility index (Phi) is 5.12. The zero-order valence-electron chi connectivity index (χ0n) is 12.0. The molecule has 20 heavy (non-hydrogen) atoms. The molecule has 1 unspecified atom stereocenters. The maximum Gasteiger partial charge on any atom is 0.227 e. The first-order valence-corrected chi connectivity index (χ1v) is 7.40. The summed E-state index contributed by atoms with van der Waals surface area (Å²) in [5, 5.41) is 6.35. The summed E-state index contributed by atoms with van der Waals surface area (Å²) in [6.45, 7) is 4.45. The van der Waals surface area contributed by atoms with E-state index in [0.29, 0.717) is 6.54 Å². The second kappa shape index (κ2) is 6.84. The van der Waals surface area contributed by atoms with Crippen LogP contribution in [-0.2, 0) is 11.2 Å². The first-order chi connectivity index (χ1) is 9.66. The molecule has 1 aromatic carbocycles. The van der Waals surface area contributed by atoms with Crippen LogP contribution in [0.5, 0.6) is 0 Å². The SMILES string of the molecule is CCC1(C(=O)NCCc2ccc(F)cc2)CCCNC1. The number of hydrogen-bond acceptors (Lipinski definition) is 2. The molecule has 1 saturated heterocycles. The van der Waals surface area contributed by atoms with E-state index in [1.54, 1.807) is 12.1 Å². The lowest BCUT2D eigenvalue weighted by atomic mass is 9.77. The van der Waals surface area contributed by atoms with E-state index in [1.165, 1.54) is 12.1 Å². The lowest BCUT2D eigenvalue weighted by Gasteiger charge is -2.35. The molecule has 0 aliphatic carbocycles. The van der Waals surface area contributed by atoms with Crippen molar-refractivity contribution in [2.24, 2.45) is 5.41 Å². The standard InChI is InChI=1S/C16H23FN2O/c1-2-16(9-3-10-18-12-16)15(20)19-11-8-13-4-6-14(17)7-5-13/h4-7,18H,2-3,8-12H2,1H3,(H,19,20). The summed E-state index contributed by atoms with van der Waals surface area (Å²) in [4.78, 5) is 12.4. The van der Waals surface area contributed by atoms with Gasteiger partial charge in [-0.25, -0.2) is 4.39 Å². The lowest BCUT2D eigenvalue weighted by Crippen LogP contribution is -2.50. The first-order valence-electron chi connectivity index (χ1n) is 7.40. The largest absolute Gasteiger partial charge is 0.355 e. The van der Waals surface area contributed by atoms with E-state index in [-0.39, 0.29) is 17.1 Å². The van der Waals surface area contributed by atoms with Gasteiger partial charge in [-0.1, -0.05) is 19.1 Å². The normalized spacial score (nSPS) is 22.5. The number of nitrogens with one attached hydrogen (secondary N) is 2. The number of amides is 1. The molecule has 1 heterocycles. The summed E-state index contributed by atoms with van der Waals surface area (Å²) in [5.74, 6) is -0.0784. The third-order valence-corrected chi connectivity index (χ3v) is 4.24. The molecule has 0 spiro atoms. The van der Waals surface area contributed by atoms with Gasteiger partial charge in [0, 0.05) is 13.1 Å². The van der Waals surface area contributed by atoms with Crippen LogP contribution in [0.15, 0.2) is 24.3 Å². The van der Waals surface area contributed by atoms with Gasteiger partial charge < -0.3 is 10.6 Å². The van der Waals surface area contributed by atoms with Gasteiger partial charge in [0.05, 0.1) is 5.41 Å². The van der Waals surface area contributed by atoms with E-state index >= 15 is 0 Å². The van der Waals surface area contributed by atoms with Gasteiger partial charge >= 0.3 is 0 Å². The number of hydrogen-bond donors (Lipinski definition) is 2. The average molecular weight is 278 g/mol. The van der Waals surface area contributed by atoms with Crippen LogP contribution in [-0.4, -0.2) is 25.5 Å². The minimum absolute atomic E-state index is 0.148. The molecule has 2 N–H and O–H groups in total. The smallest absolute Gasteiger partial charge is 0.227 e. The predicted molar refractivity (Wildman–Crippen MR) is 77.9 cm³/mol. The Morgan fingerprint density at radius 3 is 2.75 bits per heavy atom. The van der Waals surface area contributed by atoms with Crippen molar-refractivity contribution in [1.29, 1.82) is 0 Å². The molecule has 0 saturated carbocycles. The van der Waals surface area contributed by atoms with Crippen LogP contribution in [0.25, 0.3) is 0 Å². The molecule has 1 aliphatic heterocycles. The molecular formula is C16H23FN2O. The Bertz CT molecular complexity index is 438. The van der Waals surface area contributed by atoms with Crippen LogP contribution in [0.2, 0.25) is 0 Å². The minimum Gasteiger partial charge on any atom is -0.355 e. The van der Waals surface area contributed by atoms with Crippen molar-refractivity contribution >= 4 is 5.91 Å². The fourth-order valence-electron chi connectivity index (χ4n) is 2.78. The van der Waals surface area contributed by atoms with Crippen LogP contribution in [0.1, 0.15) is 31.7 Å². The van der Waals surface area contributed by atoms with E-state index in [4.69, 9.17) is 0 Å². The van der Waals surface area contributed by atoms with Gasteiger partial charge in [0.1, 0.15) is 5.82 Å². The fraction of sp³-hybridized carbons (Fsp3) is 0.562. The second-order valence-electron chi connectivity index (χ2n) is 5.55. The van der Waals surface area contributed by atoms with Gasteiger partial charge in [-0.3, -0.25) is 4.79 Å². The average Bonchev–Trinajstić information content (AvgIpc) is 2.50. The monoisotopic (exact) mass is 278 g/mol. The molecule has 1 atom stereocenters. The first kappa shape index (κ1) is 15.0. The van der Waals surface area contributed by atoms with Gasteiger partial charge in [0.25, 0.3) is 0 Å². The van der Waals surface area contributed by atoms with Crippen molar-refractivity contribution in [2.75, 3.05) is 19.6 Å². The van der Waals surface area contributed by atoms with E-state index in [0.717, 1.165) is 44.3 Å². The molecule has 0 aromatic heterocycles. The van der Waals surface area contributed by atoms with Gasteiger partial charge in [0.2, 0.25) is 5.91 Å². The van der Waals surface area contributed by atoms with Crippen LogP contribution in [0.3, 0.4) is 0 Å². The molecule has 0 radical (unpaired) electrons. The number of rotatable bonds is 5. The number of piperidine rings is 1. The molecule has 1 fully saturated rings.